The van der Waals surface area contributed by atoms with Crippen molar-refractivity contribution in [2.24, 2.45) is 5.73 Å². The van der Waals surface area contributed by atoms with Crippen molar-refractivity contribution < 1.29 is 14.3 Å². The Labute approximate surface area is 223 Å². The van der Waals surface area contributed by atoms with Crippen molar-refractivity contribution >= 4 is 34.4 Å². The summed E-state index contributed by atoms with van der Waals surface area (Å²) in [6.07, 6.45) is 2.01. The fourth-order valence-electron chi connectivity index (χ4n) is 5.32. The average Bonchev–Trinajstić information content (AvgIpc) is 3.58. The number of carbonyl (C=O) groups excluding carboxylic acids is 2. The Hall–Kier alpha value is -3.92. The largest absolute Gasteiger partial charge is 0.468 e. The van der Waals surface area contributed by atoms with Gasteiger partial charge in [0, 0.05) is 30.9 Å². The number of amides is 1. The van der Waals surface area contributed by atoms with Crippen LogP contribution in [0.1, 0.15) is 42.3 Å². The molecule has 38 heavy (non-hydrogen) atoms. The van der Waals surface area contributed by atoms with Crippen LogP contribution in [0.5, 0.6) is 0 Å². The maximum Gasteiger partial charge on any atom is 0.319 e. The molecule has 2 heterocycles. The van der Waals surface area contributed by atoms with Crippen molar-refractivity contribution in [3.63, 3.8) is 0 Å². The van der Waals surface area contributed by atoms with E-state index in [1.165, 1.54) is 7.11 Å². The zero-order valence-electron chi connectivity index (χ0n) is 22.6. The van der Waals surface area contributed by atoms with Crippen LogP contribution in [0.25, 0.3) is 11.0 Å². The van der Waals surface area contributed by atoms with Crippen LogP contribution in [0.4, 0.5) is 5.69 Å². The molecule has 0 bridgehead atoms. The third-order valence-corrected chi connectivity index (χ3v) is 7.29. The number of nitrogens with two attached hydrogens (primary N) is 1. The van der Waals surface area contributed by atoms with Crippen LogP contribution >= 0.6 is 0 Å². The highest BCUT2D eigenvalue weighted by atomic mass is 16.5. The molecule has 1 amide bonds. The molecule has 2 aromatic carbocycles. The number of nitrogen functional groups attached to an aromatic ring is 1. The van der Waals surface area contributed by atoms with Gasteiger partial charge >= 0.3 is 5.97 Å². The number of esters is 1. The highest BCUT2D eigenvalue weighted by molar-refractivity contribution is 5.95. The van der Waals surface area contributed by atoms with Gasteiger partial charge in [-0.25, -0.2) is 4.98 Å². The van der Waals surface area contributed by atoms with Gasteiger partial charge in [0.05, 0.1) is 36.6 Å². The van der Waals surface area contributed by atoms with Gasteiger partial charge in [-0.1, -0.05) is 6.07 Å². The van der Waals surface area contributed by atoms with Crippen LogP contribution in [0.15, 0.2) is 36.4 Å². The Kier molecular flexibility index (Phi) is 8.01. The molecule has 0 radical (unpaired) electrons. The first kappa shape index (κ1) is 27.1. The number of amidine groups is 1. The standard InChI is InChI=1S/C28H37N7O3/c1-18-21(28(2,17-34(3)16-24(36)38-4)27(37)35-13-5-6-14-35)11-12-22-25(18)33-23(32-22)15-31-20-9-7-19(8-10-20)26(29)30/h7-12,31H,5-6,13-17H2,1-4H3,(H3,29,30)(H,32,33). The zero-order chi connectivity index (χ0) is 27.4. The summed E-state index contributed by atoms with van der Waals surface area (Å²) in [5.74, 6) is 0.537. The summed E-state index contributed by atoms with van der Waals surface area (Å²) in [5, 5.41) is 10.9. The van der Waals surface area contributed by atoms with Gasteiger partial charge < -0.3 is 25.7 Å². The van der Waals surface area contributed by atoms with E-state index in [0.717, 1.165) is 59.6 Å². The molecule has 10 heteroatoms. The summed E-state index contributed by atoms with van der Waals surface area (Å²) >= 11 is 0. The van der Waals surface area contributed by atoms with E-state index >= 15 is 0 Å². The quantitative estimate of drug-likeness (QED) is 0.183. The number of aromatic amines is 1. The molecule has 1 unspecified atom stereocenters. The van der Waals surface area contributed by atoms with Crippen LogP contribution in [0.3, 0.4) is 0 Å². The molecule has 0 aliphatic carbocycles. The van der Waals surface area contributed by atoms with Gasteiger partial charge in [0.15, 0.2) is 0 Å². The molecule has 1 saturated heterocycles. The number of methoxy groups -OCH3 is 1. The number of benzene rings is 2. The molecule has 202 valence electrons. The number of aryl methyl sites for hydroxylation is 1. The van der Waals surface area contributed by atoms with Gasteiger partial charge in [0.2, 0.25) is 5.91 Å². The molecular formula is C28H37N7O3. The van der Waals surface area contributed by atoms with Gasteiger partial charge in [0.1, 0.15) is 11.7 Å². The number of hydrogen-bond acceptors (Lipinski definition) is 7. The van der Waals surface area contributed by atoms with E-state index in [1.807, 2.05) is 55.0 Å². The summed E-state index contributed by atoms with van der Waals surface area (Å²) in [4.78, 5) is 37.9. The number of H-pyrrole nitrogens is 1. The van der Waals surface area contributed by atoms with Gasteiger partial charge in [0.25, 0.3) is 0 Å². The lowest BCUT2D eigenvalue weighted by molar-refractivity contribution is -0.143. The molecule has 4 rings (SSSR count). The number of anilines is 1. The van der Waals surface area contributed by atoms with Gasteiger partial charge in [-0.15, -0.1) is 0 Å². The molecule has 3 aromatic rings. The lowest BCUT2D eigenvalue weighted by Gasteiger charge is -2.37. The molecule has 0 saturated carbocycles. The number of fused-ring (bicyclic) bond motifs is 1. The second kappa shape index (κ2) is 11.2. The molecule has 1 atom stereocenters. The minimum absolute atomic E-state index is 0.0341. The van der Waals surface area contributed by atoms with E-state index in [-0.39, 0.29) is 24.3 Å². The van der Waals surface area contributed by atoms with Gasteiger partial charge in [-0.2, -0.15) is 0 Å². The molecular weight excluding hydrogens is 482 g/mol. The minimum atomic E-state index is -0.860. The zero-order valence-corrected chi connectivity index (χ0v) is 22.6. The van der Waals surface area contributed by atoms with Crippen LogP contribution in [-0.2, 0) is 26.3 Å². The topological polar surface area (TPSA) is 140 Å². The monoisotopic (exact) mass is 519 g/mol. The predicted octanol–water partition coefficient (Wildman–Crippen LogP) is 2.75. The predicted molar refractivity (Wildman–Crippen MR) is 148 cm³/mol. The van der Waals surface area contributed by atoms with Crippen molar-refractivity contribution in [2.45, 2.75) is 38.6 Å². The Balaban J connectivity index is 1.62. The first-order chi connectivity index (χ1) is 18.1. The molecule has 0 spiro atoms. The van der Waals surface area contributed by atoms with Crippen molar-refractivity contribution in [1.82, 2.24) is 19.8 Å². The summed E-state index contributed by atoms with van der Waals surface area (Å²) in [5.41, 5.74) is 9.81. The SMILES string of the molecule is COC(=O)CN(C)CC(C)(C(=O)N1CCCC1)c1ccc2[nH]c(CNc3ccc(C(=N)N)cc3)nc2c1C. The van der Waals surface area contributed by atoms with Crippen molar-refractivity contribution in [3.05, 3.63) is 58.9 Å². The minimum Gasteiger partial charge on any atom is -0.468 e. The Bertz CT molecular complexity index is 1330. The Morgan fingerprint density at radius 1 is 1.21 bits per heavy atom. The number of hydrogen-bond donors (Lipinski definition) is 4. The number of rotatable bonds is 10. The lowest BCUT2D eigenvalue weighted by atomic mass is 9.78. The first-order valence-electron chi connectivity index (χ1n) is 12.8. The normalized spacial score (nSPS) is 15.0. The summed E-state index contributed by atoms with van der Waals surface area (Å²) in [7, 11) is 3.20. The maximum absolute atomic E-state index is 13.9. The van der Waals surface area contributed by atoms with E-state index in [9.17, 15) is 9.59 Å². The van der Waals surface area contributed by atoms with E-state index in [1.54, 1.807) is 12.1 Å². The average molecular weight is 520 g/mol. The van der Waals surface area contributed by atoms with Crippen LogP contribution in [-0.4, -0.2) is 77.8 Å². The molecule has 1 aliphatic heterocycles. The molecule has 1 aliphatic rings. The van der Waals surface area contributed by atoms with E-state index in [0.29, 0.717) is 18.7 Å². The molecule has 1 fully saturated rings. The first-order valence-corrected chi connectivity index (χ1v) is 12.8. The molecule has 10 nitrogen and oxygen atoms in total. The second-order valence-corrected chi connectivity index (χ2v) is 10.2. The number of carbonyl (C=O) groups is 2. The Morgan fingerprint density at radius 3 is 2.53 bits per heavy atom. The lowest BCUT2D eigenvalue weighted by Crippen LogP contribution is -2.51. The van der Waals surface area contributed by atoms with Gasteiger partial charge in [-0.3, -0.25) is 19.9 Å². The number of nitrogens with one attached hydrogen (secondary N) is 3. The highest BCUT2D eigenvalue weighted by Gasteiger charge is 2.41. The summed E-state index contributed by atoms with van der Waals surface area (Å²) in [6, 6.07) is 11.3. The summed E-state index contributed by atoms with van der Waals surface area (Å²) in [6.45, 7) is 6.44. The molecule has 5 N–H and O–H groups in total. The van der Waals surface area contributed by atoms with Crippen LogP contribution < -0.4 is 11.1 Å². The number of likely N-dealkylation sites (N-methyl/N-ethyl adjacent to an activating group) is 1. The maximum atomic E-state index is 13.9. The number of nitrogens with zero attached hydrogens (tertiary/aromatic N) is 3. The fourth-order valence-corrected chi connectivity index (χ4v) is 5.32. The van der Waals surface area contributed by atoms with Crippen LogP contribution in [0.2, 0.25) is 0 Å². The number of imidazole rings is 1. The number of ether oxygens (including phenoxy) is 1. The van der Waals surface area contributed by atoms with Crippen molar-refractivity contribution in [3.8, 4) is 0 Å². The third kappa shape index (κ3) is 5.65. The van der Waals surface area contributed by atoms with Crippen LogP contribution in [0, 0.1) is 12.3 Å². The number of likely N-dealkylation sites (tertiary alicyclic amines) is 1. The second-order valence-electron chi connectivity index (χ2n) is 10.2. The van der Waals surface area contributed by atoms with Gasteiger partial charge in [-0.05, 0) is 75.2 Å². The Morgan fingerprint density at radius 2 is 1.89 bits per heavy atom. The third-order valence-electron chi connectivity index (χ3n) is 7.29. The number of aromatic nitrogens is 2. The molecule has 1 aromatic heterocycles. The van der Waals surface area contributed by atoms with Crippen molar-refractivity contribution in [1.29, 1.82) is 5.41 Å². The van der Waals surface area contributed by atoms with E-state index < -0.39 is 5.41 Å². The fraction of sp³-hybridized carbons (Fsp3) is 0.429. The van der Waals surface area contributed by atoms with E-state index in [2.05, 4.69) is 10.3 Å². The summed E-state index contributed by atoms with van der Waals surface area (Å²) < 4.78 is 4.85. The smallest absolute Gasteiger partial charge is 0.319 e. The highest BCUT2D eigenvalue weighted by Crippen LogP contribution is 2.34. The van der Waals surface area contributed by atoms with E-state index in [4.69, 9.17) is 20.9 Å². The van der Waals surface area contributed by atoms with Crippen molar-refractivity contribution in [2.75, 3.05) is 45.7 Å².